The molecule has 0 aromatic carbocycles. The third-order valence-electron chi connectivity index (χ3n) is 6.51. The molecule has 4 rings (SSSR count). The van der Waals surface area contributed by atoms with Gasteiger partial charge in [0, 0.05) is 65.4 Å². The number of ether oxygens (including phenoxy) is 2. The van der Waals surface area contributed by atoms with E-state index in [0.29, 0.717) is 0 Å². The molecule has 4 heterocycles. The van der Waals surface area contributed by atoms with Crippen LogP contribution in [-0.4, -0.2) is 210 Å². The molecule has 0 aromatic rings. The van der Waals surface area contributed by atoms with Crippen molar-refractivity contribution in [3.8, 4) is 0 Å². The van der Waals surface area contributed by atoms with Gasteiger partial charge in [0.05, 0.1) is 13.2 Å². The third-order valence-corrected chi connectivity index (χ3v) is 6.51. The zero-order valence-electron chi connectivity index (χ0n) is 23.7. The van der Waals surface area contributed by atoms with Crippen LogP contribution < -0.4 is 56.7 Å². The van der Waals surface area contributed by atoms with Gasteiger partial charge in [-0.05, 0) is 0 Å². The van der Waals surface area contributed by atoms with Gasteiger partial charge in [-0.3, -0.25) is 10.6 Å². The summed E-state index contributed by atoms with van der Waals surface area (Å²) < 4.78 is 10.5. The van der Waals surface area contributed by atoms with Crippen LogP contribution in [0.15, 0.2) is 0 Å². The van der Waals surface area contributed by atoms with Crippen molar-refractivity contribution < 1.29 is 97.7 Å². The summed E-state index contributed by atoms with van der Waals surface area (Å²) in [6.07, 6.45) is -12.8. The molecule has 0 saturated carbocycles. The van der Waals surface area contributed by atoms with Gasteiger partial charge in [-0.1, -0.05) is 0 Å². The predicted molar refractivity (Wildman–Crippen MR) is 144 cm³/mol. The number of nitrogens with one attached hydrogen (secondary N) is 6. The molecular weight excluding hydrogens is 777 g/mol. The van der Waals surface area contributed by atoms with Crippen molar-refractivity contribution in [3.05, 3.63) is 0 Å². The predicted octanol–water partition coefficient (Wildman–Crippen LogP) is -15.1. The average Bonchev–Trinajstić information content (AvgIpc) is 2.97. The van der Waals surface area contributed by atoms with Crippen LogP contribution >= 0.6 is 0 Å². The van der Waals surface area contributed by atoms with Crippen LogP contribution in [0.5, 0.6) is 0 Å². The van der Waals surface area contributed by atoms with Gasteiger partial charge in [0.1, 0.15) is 61.3 Å². The van der Waals surface area contributed by atoms with E-state index >= 15 is 0 Å². The van der Waals surface area contributed by atoms with E-state index in [2.05, 4.69) is 31.9 Å². The minimum Gasteiger partial charge on any atom is -1.00 e. The van der Waals surface area contributed by atoms with E-state index in [1.807, 2.05) is 0 Å². The minimum atomic E-state index is -1.49. The summed E-state index contributed by atoms with van der Waals surface area (Å²) in [5.41, 5.74) is 0. The van der Waals surface area contributed by atoms with E-state index in [1.165, 1.54) is 0 Å². The maximum absolute atomic E-state index is 9.89. The molecule has 0 bridgehead atoms. The van der Waals surface area contributed by atoms with Crippen LogP contribution in [0.3, 0.4) is 0 Å². The topological polar surface area (TPSA) is 284 Å². The van der Waals surface area contributed by atoms with Crippen molar-refractivity contribution in [1.82, 2.24) is 31.9 Å². The molecule has 0 unspecified atom stereocenters. The van der Waals surface area contributed by atoms with Gasteiger partial charge < -0.3 is 102 Å². The smallest absolute Gasteiger partial charge is 1.00 e. The molecule has 43 heavy (non-hydrogen) atoms. The second-order valence-corrected chi connectivity index (χ2v) is 9.41. The molecule has 10 atom stereocenters. The molecule has 1 radical (unpaired) electrons. The first-order valence-electron chi connectivity index (χ1n) is 13.2. The summed E-state index contributed by atoms with van der Waals surface area (Å²) in [5.74, 6) is 0. The fourth-order valence-electron chi connectivity index (χ4n) is 4.18. The largest absolute Gasteiger partial charge is 4.00 e. The molecule has 4 saturated heterocycles. The molecular formula is C22H50Cl2CuN6O11Sn+4. The van der Waals surface area contributed by atoms with Gasteiger partial charge in [0.25, 0.3) is 0 Å². The SMILES string of the molecule is C1CNCCN1.C1CNCCN1.O.OC[C@@H]1O[C@H](NCCN[C@@H]2O[C@H](CO)[C@@H](O)[C@@H](O)[C@H]2O)[C@@H](O)[C@@H](O)[C@H]1O.[Cl-].[Cl-].[Cu+2].[Sn+4]. The summed E-state index contributed by atoms with van der Waals surface area (Å²) >= 11 is 0. The first kappa shape index (κ1) is 51.1. The average molecular weight is 828 g/mol. The van der Waals surface area contributed by atoms with Gasteiger partial charge in [-0.25, -0.2) is 0 Å². The van der Waals surface area contributed by atoms with E-state index < -0.39 is 74.5 Å². The molecule has 0 aliphatic carbocycles. The standard InChI is InChI=1S/C14H28N2O10.2C4H10N2.2ClH.Cu.H2O.Sn/c17-3-5-7(19)9(21)11(23)13(25-5)15-1-2-16-14-12(24)10(22)8(20)6(4-18)26-14;2*1-2-6-4-3-5-1;;;;;/h5-24H,1-4H2;2*5-6H,1-4H2;2*1H;;1H2;/q;;;;;+2;;+4/p-2/t5-,6+,7-,8+,9-,10+,11-,12+,13-,14+;;;;;;;. The van der Waals surface area contributed by atoms with Crippen molar-refractivity contribution >= 4 is 23.9 Å². The zero-order valence-corrected chi connectivity index (χ0v) is 29.0. The van der Waals surface area contributed by atoms with Crippen molar-refractivity contribution in [2.75, 3.05) is 78.7 Å². The quantitative estimate of drug-likeness (QED) is 0.0838. The van der Waals surface area contributed by atoms with Gasteiger partial charge in [0.15, 0.2) is 0 Å². The summed E-state index contributed by atoms with van der Waals surface area (Å²) in [6.45, 7) is 8.37. The van der Waals surface area contributed by atoms with Crippen LogP contribution in [-0.2, 0) is 26.5 Å². The summed E-state index contributed by atoms with van der Waals surface area (Å²) in [4.78, 5) is 0. The van der Waals surface area contributed by atoms with Crippen molar-refractivity contribution in [2.45, 2.75) is 61.3 Å². The van der Waals surface area contributed by atoms with E-state index in [4.69, 9.17) is 19.7 Å². The molecule has 17 nitrogen and oxygen atoms in total. The maximum atomic E-state index is 9.89. The Morgan fingerprint density at radius 2 is 0.767 bits per heavy atom. The van der Waals surface area contributed by atoms with Crippen LogP contribution in [0.25, 0.3) is 0 Å². The van der Waals surface area contributed by atoms with E-state index in [9.17, 15) is 30.6 Å². The summed E-state index contributed by atoms with van der Waals surface area (Å²) in [5, 5.41) is 95.2. The molecule has 0 spiro atoms. The maximum Gasteiger partial charge on any atom is 4.00 e. The van der Waals surface area contributed by atoms with Gasteiger partial charge in [-0.15, -0.1) is 0 Å². The Labute approximate surface area is 292 Å². The number of aliphatic hydroxyl groups is 8. The number of piperazine rings is 2. The van der Waals surface area contributed by atoms with Gasteiger partial charge >= 0.3 is 41.0 Å². The second kappa shape index (κ2) is 29.4. The van der Waals surface area contributed by atoms with Crippen LogP contribution in [0.1, 0.15) is 0 Å². The molecule has 0 amide bonds. The fraction of sp³-hybridized carbons (Fsp3) is 1.00. The molecule has 4 fully saturated rings. The number of hydrogen-bond acceptors (Lipinski definition) is 16. The Morgan fingerprint density at radius 3 is 0.977 bits per heavy atom. The number of aliphatic hydroxyl groups excluding tert-OH is 8. The second-order valence-electron chi connectivity index (χ2n) is 9.41. The zero-order chi connectivity index (χ0) is 27.9. The molecule has 4 aliphatic rings. The van der Waals surface area contributed by atoms with Gasteiger partial charge in [-0.2, -0.15) is 0 Å². The van der Waals surface area contributed by atoms with Crippen LogP contribution in [0.2, 0.25) is 0 Å². The van der Waals surface area contributed by atoms with E-state index in [1.54, 1.807) is 0 Å². The Kier molecular flexibility index (Phi) is 34.9. The summed E-state index contributed by atoms with van der Waals surface area (Å²) in [7, 11) is 0. The Morgan fingerprint density at radius 1 is 0.512 bits per heavy atom. The van der Waals surface area contributed by atoms with E-state index in [-0.39, 0.29) is 84.4 Å². The first-order valence-corrected chi connectivity index (χ1v) is 13.2. The first-order chi connectivity index (χ1) is 18.3. The molecule has 4 aliphatic heterocycles. The minimum absolute atomic E-state index is 0. The molecule has 16 N–H and O–H groups in total. The van der Waals surface area contributed by atoms with Crippen molar-refractivity contribution in [1.29, 1.82) is 0 Å². The number of halogens is 2. The fourth-order valence-corrected chi connectivity index (χ4v) is 4.18. The third kappa shape index (κ3) is 17.8. The van der Waals surface area contributed by atoms with Gasteiger partial charge in [0.2, 0.25) is 0 Å². The number of hydrogen-bond donors (Lipinski definition) is 14. The van der Waals surface area contributed by atoms with Crippen LogP contribution in [0.4, 0.5) is 0 Å². The van der Waals surface area contributed by atoms with Crippen LogP contribution in [0, 0.1) is 0 Å². The molecule has 0 aromatic heterocycles. The Balaban J connectivity index is -0.000000373. The Hall–Kier alpha value is 1.22. The van der Waals surface area contributed by atoms with E-state index in [0.717, 1.165) is 52.4 Å². The van der Waals surface area contributed by atoms with Crippen molar-refractivity contribution in [2.24, 2.45) is 0 Å². The normalized spacial score (nSPS) is 35.2. The van der Waals surface area contributed by atoms with Crippen molar-refractivity contribution in [3.63, 3.8) is 0 Å². The molecule has 21 heteroatoms. The monoisotopic (exact) mass is 827 g/mol. The number of rotatable bonds is 7. The summed E-state index contributed by atoms with van der Waals surface area (Å²) in [6, 6.07) is 0. The molecule has 259 valence electrons. The Bertz CT molecular complexity index is 559.